The summed E-state index contributed by atoms with van der Waals surface area (Å²) in [6.45, 7) is 0.165. The lowest BCUT2D eigenvalue weighted by Crippen LogP contribution is -2.45. The molecule has 2 atom stereocenters. The summed E-state index contributed by atoms with van der Waals surface area (Å²) in [5.41, 5.74) is 4.07. The van der Waals surface area contributed by atoms with Gasteiger partial charge in [0.2, 0.25) is 11.8 Å². The average molecular weight is 442 g/mol. The van der Waals surface area contributed by atoms with Gasteiger partial charge in [-0.3, -0.25) is 9.59 Å². The van der Waals surface area contributed by atoms with Crippen molar-refractivity contribution < 1.29 is 14.7 Å². The van der Waals surface area contributed by atoms with Crippen LogP contribution >= 0.6 is 15.9 Å². The number of aryl methyl sites for hydroxylation is 1. The van der Waals surface area contributed by atoms with Crippen molar-refractivity contribution in [1.29, 1.82) is 0 Å². The van der Waals surface area contributed by atoms with Gasteiger partial charge in [-0.25, -0.2) is 0 Å². The van der Waals surface area contributed by atoms with Crippen molar-refractivity contribution in [3.05, 3.63) is 58.6 Å². The second kappa shape index (κ2) is 7.77. The molecular weight excluding hydrogens is 422 g/mol. The Morgan fingerprint density at radius 3 is 2.68 bits per heavy atom. The molecule has 1 saturated heterocycles. The van der Waals surface area contributed by atoms with Gasteiger partial charge in [-0.1, -0.05) is 42.5 Å². The van der Waals surface area contributed by atoms with Crippen molar-refractivity contribution in [1.82, 2.24) is 15.6 Å². The van der Waals surface area contributed by atoms with Crippen LogP contribution in [0, 0.1) is 0 Å². The maximum atomic E-state index is 12.4. The van der Waals surface area contributed by atoms with E-state index in [0.717, 1.165) is 32.2 Å². The number of aromatic nitrogens is 1. The number of benzene rings is 2. The largest absolute Gasteiger partial charge is 0.389 e. The minimum Gasteiger partial charge on any atom is -0.389 e. The Morgan fingerprint density at radius 1 is 1.18 bits per heavy atom. The van der Waals surface area contributed by atoms with Crippen LogP contribution in [-0.4, -0.2) is 40.6 Å². The number of halogens is 1. The zero-order valence-electron chi connectivity index (χ0n) is 15.0. The molecule has 2 aromatic carbocycles. The maximum Gasteiger partial charge on any atom is 0.245 e. The fourth-order valence-electron chi connectivity index (χ4n) is 3.60. The molecule has 4 rings (SSSR count). The second-order valence-corrected chi connectivity index (χ2v) is 7.72. The molecule has 0 unspecified atom stereocenters. The van der Waals surface area contributed by atoms with Crippen LogP contribution in [0.25, 0.3) is 22.2 Å². The smallest absolute Gasteiger partial charge is 0.245 e. The molecule has 4 N–H and O–H groups in total. The molecule has 3 aromatic rings. The number of aromatic amines is 1. The van der Waals surface area contributed by atoms with E-state index < -0.39 is 12.1 Å². The topological polar surface area (TPSA) is 94.2 Å². The van der Waals surface area contributed by atoms with E-state index in [-0.39, 0.29) is 24.8 Å². The SMILES string of the molecule is O=C(CCc1c(-c2ccccc2)[nH]c2c(Br)cccc12)N[C@@H]1C(=O)NC[C@H]1O. The second-order valence-electron chi connectivity index (χ2n) is 6.86. The summed E-state index contributed by atoms with van der Waals surface area (Å²) in [5, 5.41) is 16.1. The third-order valence-corrected chi connectivity index (χ3v) is 5.69. The van der Waals surface area contributed by atoms with E-state index in [4.69, 9.17) is 0 Å². The van der Waals surface area contributed by atoms with Crippen molar-refractivity contribution in [2.24, 2.45) is 0 Å². The van der Waals surface area contributed by atoms with Gasteiger partial charge in [-0.15, -0.1) is 0 Å². The molecule has 0 aliphatic carbocycles. The number of carbonyl (C=O) groups is 2. The standard InChI is InChI=1S/C21H20BrN3O3/c22-15-8-4-7-13-14(18(25-19(13)15)12-5-2-1-3-6-12)9-10-17(27)24-20-16(26)11-23-21(20)28/h1-8,16,20,25-26H,9-11H2,(H,23,28)(H,24,27)/t16-,20+/m1/s1. The summed E-state index contributed by atoms with van der Waals surface area (Å²) < 4.78 is 0.962. The highest BCUT2D eigenvalue weighted by atomic mass is 79.9. The number of H-pyrrole nitrogens is 1. The van der Waals surface area contributed by atoms with Crippen molar-refractivity contribution >= 4 is 38.6 Å². The first-order valence-electron chi connectivity index (χ1n) is 9.14. The third kappa shape index (κ3) is 3.55. The highest BCUT2D eigenvalue weighted by Gasteiger charge is 2.34. The van der Waals surface area contributed by atoms with Crippen LogP contribution < -0.4 is 10.6 Å². The Kier molecular flexibility index (Phi) is 5.19. The van der Waals surface area contributed by atoms with E-state index in [1.54, 1.807) is 0 Å². The minimum atomic E-state index is -0.889. The molecule has 1 fully saturated rings. The number of carbonyl (C=O) groups excluding carboxylic acids is 2. The van der Waals surface area contributed by atoms with Gasteiger partial charge in [-0.2, -0.15) is 0 Å². The van der Waals surface area contributed by atoms with E-state index in [0.29, 0.717) is 6.42 Å². The van der Waals surface area contributed by atoms with E-state index in [1.807, 2.05) is 48.5 Å². The molecule has 0 spiro atoms. The Hall–Kier alpha value is -2.64. The number of amides is 2. The normalized spacial score (nSPS) is 19.0. The van der Waals surface area contributed by atoms with Crippen LogP contribution in [-0.2, 0) is 16.0 Å². The lowest BCUT2D eigenvalue weighted by molar-refractivity contribution is -0.128. The molecule has 2 amide bonds. The van der Waals surface area contributed by atoms with Crippen LogP contribution in [0.15, 0.2) is 53.0 Å². The van der Waals surface area contributed by atoms with Gasteiger partial charge in [0.05, 0.1) is 5.52 Å². The molecule has 2 heterocycles. The minimum absolute atomic E-state index is 0.165. The van der Waals surface area contributed by atoms with Crippen LogP contribution in [0.5, 0.6) is 0 Å². The highest BCUT2D eigenvalue weighted by Crippen LogP contribution is 2.34. The zero-order valence-corrected chi connectivity index (χ0v) is 16.6. The zero-order chi connectivity index (χ0) is 19.7. The summed E-state index contributed by atoms with van der Waals surface area (Å²) >= 11 is 3.59. The molecular formula is C21H20BrN3O3. The van der Waals surface area contributed by atoms with Gasteiger partial charge in [-0.05, 0) is 39.5 Å². The third-order valence-electron chi connectivity index (χ3n) is 5.02. The maximum absolute atomic E-state index is 12.4. The van der Waals surface area contributed by atoms with Gasteiger partial charge >= 0.3 is 0 Å². The highest BCUT2D eigenvalue weighted by molar-refractivity contribution is 9.10. The lowest BCUT2D eigenvalue weighted by Gasteiger charge is -2.13. The number of hydrogen-bond donors (Lipinski definition) is 4. The van der Waals surface area contributed by atoms with Crippen molar-refractivity contribution in [2.75, 3.05) is 6.54 Å². The molecule has 1 aromatic heterocycles. The molecule has 0 saturated carbocycles. The van der Waals surface area contributed by atoms with Crippen molar-refractivity contribution in [3.63, 3.8) is 0 Å². The van der Waals surface area contributed by atoms with Crippen molar-refractivity contribution in [3.8, 4) is 11.3 Å². The Labute approximate surface area is 170 Å². The molecule has 0 bridgehead atoms. The first kappa shape index (κ1) is 18.7. The van der Waals surface area contributed by atoms with Crippen LogP contribution in [0.4, 0.5) is 0 Å². The van der Waals surface area contributed by atoms with Crippen LogP contribution in [0.3, 0.4) is 0 Å². The summed E-state index contributed by atoms with van der Waals surface area (Å²) in [4.78, 5) is 27.6. The predicted molar refractivity (Wildman–Crippen MR) is 111 cm³/mol. The van der Waals surface area contributed by atoms with Crippen LogP contribution in [0.1, 0.15) is 12.0 Å². The Morgan fingerprint density at radius 2 is 1.96 bits per heavy atom. The molecule has 6 nitrogen and oxygen atoms in total. The number of rotatable bonds is 5. The van der Waals surface area contributed by atoms with E-state index in [1.165, 1.54) is 0 Å². The lowest BCUT2D eigenvalue weighted by atomic mass is 10.0. The molecule has 0 radical (unpaired) electrons. The summed E-state index contributed by atoms with van der Waals surface area (Å²) in [6, 6.07) is 15.1. The van der Waals surface area contributed by atoms with Gasteiger partial charge in [0, 0.05) is 28.5 Å². The first-order chi connectivity index (χ1) is 13.5. The van der Waals surface area contributed by atoms with E-state index in [2.05, 4.69) is 31.5 Å². The van der Waals surface area contributed by atoms with E-state index in [9.17, 15) is 14.7 Å². The van der Waals surface area contributed by atoms with Crippen molar-refractivity contribution in [2.45, 2.75) is 25.0 Å². The van der Waals surface area contributed by atoms with Gasteiger partial charge < -0.3 is 20.7 Å². The van der Waals surface area contributed by atoms with Gasteiger partial charge in [0.25, 0.3) is 0 Å². The van der Waals surface area contributed by atoms with Crippen LogP contribution in [0.2, 0.25) is 0 Å². The Bertz CT molecular complexity index is 1030. The fraction of sp³-hybridized carbons (Fsp3) is 0.238. The molecule has 1 aliphatic rings. The quantitative estimate of drug-likeness (QED) is 0.489. The Balaban J connectivity index is 1.60. The number of aliphatic hydroxyl groups is 1. The number of hydrogen-bond acceptors (Lipinski definition) is 3. The number of aliphatic hydroxyl groups excluding tert-OH is 1. The molecule has 7 heteroatoms. The monoisotopic (exact) mass is 441 g/mol. The molecule has 144 valence electrons. The summed E-state index contributed by atoms with van der Waals surface area (Å²) in [5.74, 6) is -0.605. The predicted octanol–water partition coefficient (Wildman–Crippen LogP) is 2.51. The van der Waals surface area contributed by atoms with E-state index >= 15 is 0 Å². The molecule has 28 heavy (non-hydrogen) atoms. The van der Waals surface area contributed by atoms with Gasteiger partial charge in [0.1, 0.15) is 12.1 Å². The average Bonchev–Trinajstić information content (AvgIpc) is 3.23. The number of para-hydroxylation sites is 1. The number of nitrogens with one attached hydrogen (secondary N) is 3. The summed E-state index contributed by atoms with van der Waals surface area (Å²) in [6.07, 6.45) is -0.160. The first-order valence-corrected chi connectivity index (χ1v) is 9.93. The summed E-state index contributed by atoms with van der Waals surface area (Å²) in [7, 11) is 0. The number of β-amino-alcohol motifs (C(OH)–C–C–N with tert-alkyl or cyclic N) is 1. The fourth-order valence-corrected chi connectivity index (χ4v) is 4.07. The van der Waals surface area contributed by atoms with Gasteiger partial charge in [0.15, 0.2) is 0 Å². The molecule has 1 aliphatic heterocycles. The number of fused-ring (bicyclic) bond motifs is 1.